The standard InChI is InChI=1S/C21H21FN6O/c1-14-12-15(2)25-20(24-14)27-19(23-13-16-8-10-17(22)11-9-16)28-21(29)26-18-6-4-3-5-7-18/h3-12H,13H2,1-2H3,(H3,23,24,25,26,27,28,29). The van der Waals surface area contributed by atoms with Crippen molar-refractivity contribution in [3.05, 3.63) is 83.4 Å². The highest BCUT2D eigenvalue weighted by molar-refractivity contribution is 6.06. The zero-order valence-electron chi connectivity index (χ0n) is 16.1. The third-order valence-electron chi connectivity index (χ3n) is 3.81. The number of aromatic nitrogens is 2. The van der Waals surface area contributed by atoms with Gasteiger partial charge in [0.05, 0.1) is 6.54 Å². The van der Waals surface area contributed by atoms with E-state index in [1.165, 1.54) is 12.1 Å². The minimum absolute atomic E-state index is 0.174. The van der Waals surface area contributed by atoms with Crippen LogP contribution in [0.15, 0.2) is 65.7 Å². The topological polar surface area (TPSA) is 91.3 Å². The number of hydrogen-bond donors (Lipinski definition) is 3. The van der Waals surface area contributed by atoms with Crippen LogP contribution in [-0.4, -0.2) is 22.0 Å². The summed E-state index contributed by atoms with van der Waals surface area (Å²) in [6, 6.07) is 16.4. The van der Waals surface area contributed by atoms with Gasteiger partial charge < -0.3 is 5.32 Å². The second-order valence-corrected chi connectivity index (χ2v) is 6.34. The van der Waals surface area contributed by atoms with Crippen molar-refractivity contribution in [3.8, 4) is 0 Å². The smallest absolute Gasteiger partial charge is 0.308 e. The van der Waals surface area contributed by atoms with Crippen molar-refractivity contribution in [2.75, 3.05) is 10.6 Å². The van der Waals surface area contributed by atoms with E-state index >= 15 is 0 Å². The lowest BCUT2D eigenvalue weighted by Crippen LogP contribution is -2.39. The van der Waals surface area contributed by atoms with E-state index in [0.717, 1.165) is 17.0 Å². The Balaban J connectivity index is 1.76. The number of amides is 2. The molecule has 0 radical (unpaired) electrons. The lowest BCUT2D eigenvalue weighted by Gasteiger charge is -2.12. The van der Waals surface area contributed by atoms with Gasteiger partial charge in [-0.1, -0.05) is 30.3 Å². The van der Waals surface area contributed by atoms with E-state index in [1.54, 1.807) is 24.3 Å². The van der Waals surface area contributed by atoms with Gasteiger partial charge in [-0.2, -0.15) is 0 Å². The molecular formula is C21H21FN6O. The Kier molecular flexibility index (Phi) is 6.47. The molecule has 1 aromatic heterocycles. The Bertz CT molecular complexity index is 985. The van der Waals surface area contributed by atoms with Crippen LogP contribution < -0.4 is 16.0 Å². The first kappa shape index (κ1) is 19.9. The molecule has 0 aliphatic carbocycles. The fourth-order valence-electron chi connectivity index (χ4n) is 2.55. The highest BCUT2D eigenvalue weighted by atomic mass is 19.1. The monoisotopic (exact) mass is 392 g/mol. The molecule has 0 saturated carbocycles. The summed E-state index contributed by atoms with van der Waals surface area (Å²) >= 11 is 0. The van der Waals surface area contributed by atoms with Crippen LogP contribution in [-0.2, 0) is 6.54 Å². The highest BCUT2D eigenvalue weighted by Crippen LogP contribution is 2.07. The first-order chi connectivity index (χ1) is 14.0. The van der Waals surface area contributed by atoms with Crippen LogP contribution in [0.2, 0.25) is 0 Å². The van der Waals surface area contributed by atoms with Crippen molar-refractivity contribution in [1.82, 2.24) is 15.3 Å². The number of benzene rings is 2. The summed E-state index contributed by atoms with van der Waals surface area (Å²) in [6.07, 6.45) is 0. The van der Waals surface area contributed by atoms with Crippen LogP contribution in [0.5, 0.6) is 0 Å². The Morgan fingerprint density at radius 2 is 1.62 bits per heavy atom. The van der Waals surface area contributed by atoms with E-state index in [-0.39, 0.29) is 18.3 Å². The Hall–Kier alpha value is -3.81. The van der Waals surface area contributed by atoms with Gasteiger partial charge in [-0.25, -0.2) is 24.1 Å². The highest BCUT2D eigenvalue weighted by Gasteiger charge is 2.09. The molecule has 2 aromatic carbocycles. The summed E-state index contributed by atoms with van der Waals surface area (Å²) in [7, 11) is 0. The number of nitrogens with zero attached hydrogens (tertiary/aromatic N) is 3. The van der Waals surface area contributed by atoms with E-state index in [9.17, 15) is 9.18 Å². The van der Waals surface area contributed by atoms with Crippen molar-refractivity contribution in [1.29, 1.82) is 0 Å². The number of nitrogens with one attached hydrogen (secondary N) is 3. The van der Waals surface area contributed by atoms with Crippen molar-refractivity contribution in [3.63, 3.8) is 0 Å². The van der Waals surface area contributed by atoms with Gasteiger partial charge in [-0.15, -0.1) is 0 Å². The number of urea groups is 1. The molecule has 8 heteroatoms. The zero-order valence-corrected chi connectivity index (χ0v) is 16.1. The number of rotatable bonds is 4. The van der Waals surface area contributed by atoms with Crippen molar-refractivity contribution < 1.29 is 9.18 Å². The molecule has 1 heterocycles. The second kappa shape index (κ2) is 9.41. The SMILES string of the molecule is Cc1cc(C)nc(NC(=NCc2ccc(F)cc2)NC(=O)Nc2ccccc2)n1. The molecule has 0 spiro atoms. The molecule has 3 N–H and O–H groups in total. The van der Waals surface area contributed by atoms with Crippen molar-refractivity contribution >= 4 is 23.6 Å². The van der Waals surface area contributed by atoms with Gasteiger partial charge in [0, 0.05) is 17.1 Å². The van der Waals surface area contributed by atoms with E-state index in [2.05, 4.69) is 30.9 Å². The second-order valence-electron chi connectivity index (χ2n) is 6.34. The van der Waals surface area contributed by atoms with Gasteiger partial charge >= 0.3 is 6.03 Å². The zero-order chi connectivity index (χ0) is 20.6. The van der Waals surface area contributed by atoms with Crippen LogP contribution in [0.4, 0.5) is 20.8 Å². The summed E-state index contributed by atoms with van der Waals surface area (Å²) in [6.45, 7) is 3.94. The van der Waals surface area contributed by atoms with E-state index < -0.39 is 6.03 Å². The maximum atomic E-state index is 13.1. The molecule has 0 atom stereocenters. The fraction of sp³-hybridized carbons (Fsp3) is 0.143. The number of aliphatic imine (C=N–C) groups is 1. The Morgan fingerprint density at radius 3 is 2.28 bits per heavy atom. The van der Waals surface area contributed by atoms with Crippen LogP contribution in [0.1, 0.15) is 17.0 Å². The molecule has 3 rings (SSSR count). The van der Waals surface area contributed by atoms with Gasteiger partial charge in [0.1, 0.15) is 5.82 Å². The van der Waals surface area contributed by atoms with Gasteiger partial charge in [0.2, 0.25) is 11.9 Å². The Labute approximate surface area is 168 Å². The number of anilines is 2. The lowest BCUT2D eigenvalue weighted by atomic mass is 10.2. The first-order valence-corrected chi connectivity index (χ1v) is 8.99. The minimum Gasteiger partial charge on any atom is -0.308 e. The van der Waals surface area contributed by atoms with E-state index in [0.29, 0.717) is 11.6 Å². The summed E-state index contributed by atoms with van der Waals surface area (Å²) in [5.74, 6) is 0.174. The van der Waals surface area contributed by atoms with Gasteiger partial charge in [0.15, 0.2) is 0 Å². The molecule has 0 unspecified atom stereocenters. The quantitative estimate of drug-likeness (QED) is 0.462. The fourth-order valence-corrected chi connectivity index (χ4v) is 2.55. The average molecular weight is 392 g/mol. The predicted octanol–water partition coefficient (Wildman–Crippen LogP) is 4.02. The lowest BCUT2D eigenvalue weighted by molar-refractivity contribution is 0.256. The van der Waals surface area contributed by atoms with Crippen LogP contribution >= 0.6 is 0 Å². The molecule has 0 saturated heterocycles. The molecule has 3 aromatic rings. The number of aryl methyl sites for hydroxylation is 2. The summed E-state index contributed by atoms with van der Waals surface area (Å²) in [5, 5.41) is 8.34. The number of carbonyl (C=O) groups is 1. The number of guanidine groups is 1. The summed E-state index contributed by atoms with van der Waals surface area (Å²) < 4.78 is 13.1. The van der Waals surface area contributed by atoms with Gasteiger partial charge in [0.25, 0.3) is 0 Å². The number of carbonyl (C=O) groups excluding carboxylic acids is 1. The third kappa shape index (κ3) is 6.39. The molecule has 7 nitrogen and oxygen atoms in total. The summed E-state index contributed by atoms with van der Waals surface area (Å²) in [4.78, 5) is 25.4. The molecule has 0 fully saturated rings. The van der Waals surface area contributed by atoms with E-state index in [4.69, 9.17) is 0 Å². The van der Waals surface area contributed by atoms with Gasteiger partial charge in [-0.3, -0.25) is 10.6 Å². The molecule has 0 aliphatic rings. The molecule has 148 valence electrons. The number of halogens is 1. The molecule has 0 aliphatic heterocycles. The molecule has 2 amide bonds. The maximum Gasteiger partial charge on any atom is 0.326 e. The van der Waals surface area contributed by atoms with Crippen LogP contribution in [0, 0.1) is 19.7 Å². The van der Waals surface area contributed by atoms with Crippen molar-refractivity contribution in [2.45, 2.75) is 20.4 Å². The summed E-state index contributed by atoms with van der Waals surface area (Å²) in [5.41, 5.74) is 3.00. The maximum absolute atomic E-state index is 13.1. The first-order valence-electron chi connectivity index (χ1n) is 8.99. The average Bonchev–Trinajstić information content (AvgIpc) is 2.67. The largest absolute Gasteiger partial charge is 0.326 e. The Morgan fingerprint density at radius 1 is 0.966 bits per heavy atom. The third-order valence-corrected chi connectivity index (χ3v) is 3.81. The normalized spacial score (nSPS) is 11.1. The molecule has 29 heavy (non-hydrogen) atoms. The van der Waals surface area contributed by atoms with E-state index in [1.807, 2.05) is 38.1 Å². The number of hydrogen-bond acceptors (Lipinski definition) is 4. The van der Waals surface area contributed by atoms with Crippen LogP contribution in [0.3, 0.4) is 0 Å². The van der Waals surface area contributed by atoms with Crippen LogP contribution in [0.25, 0.3) is 0 Å². The number of para-hydroxylation sites is 1. The van der Waals surface area contributed by atoms with Gasteiger partial charge in [-0.05, 0) is 49.7 Å². The predicted molar refractivity (Wildman–Crippen MR) is 111 cm³/mol. The minimum atomic E-state index is -0.467. The van der Waals surface area contributed by atoms with Crippen molar-refractivity contribution in [2.24, 2.45) is 4.99 Å². The molecule has 0 bridgehead atoms. The molecular weight excluding hydrogens is 371 g/mol.